The number of alkyl carbamates (subject to hydrolysis) is 2. The van der Waals surface area contributed by atoms with E-state index in [0.717, 1.165) is 12.4 Å². The third-order valence-electron chi connectivity index (χ3n) is 3.52. The Morgan fingerprint density at radius 1 is 0.733 bits per heavy atom. The molecular weight excluding hydrogens is 400 g/mol. The van der Waals surface area contributed by atoms with E-state index >= 15 is 0 Å². The number of non-ortho nitro benzene ring substituents is 2. The minimum absolute atomic E-state index is 0.0716. The van der Waals surface area contributed by atoms with Crippen LogP contribution in [0, 0.1) is 20.2 Å². The summed E-state index contributed by atoms with van der Waals surface area (Å²) in [5.74, 6) is 0. The van der Waals surface area contributed by atoms with Gasteiger partial charge in [-0.25, -0.2) is 9.59 Å². The first kappa shape index (κ1) is 21.8. The SMILES string of the molecule is O=C(N/C=C/NC(=O)OCc1ccc([N+](=O)[O-])cc1)OCc1ccc([N+](=O)[O-])cc1. The summed E-state index contributed by atoms with van der Waals surface area (Å²) in [6.07, 6.45) is 0.632. The molecular formula is C18H16N4O8. The Labute approximate surface area is 169 Å². The molecule has 0 aliphatic carbocycles. The van der Waals surface area contributed by atoms with Gasteiger partial charge in [-0.3, -0.25) is 30.9 Å². The molecule has 0 spiro atoms. The summed E-state index contributed by atoms with van der Waals surface area (Å²) in [6, 6.07) is 11.0. The quantitative estimate of drug-likeness (QED) is 0.489. The monoisotopic (exact) mass is 416 g/mol. The lowest BCUT2D eigenvalue weighted by Gasteiger charge is -2.05. The fourth-order valence-corrected chi connectivity index (χ4v) is 2.03. The molecule has 12 heteroatoms. The standard InChI is InChI=1S/C18H16N4O8/c23-17(29-11-13-1-5-15(6-2-13)21(25)26)19-9-10-20-18(24)30-12-14-3-7-16(8-4-14)22(27)28/h1-10H,11-12H2,(H,19,23)(H,20,24)/b10-9+. The number of nitro benzene ring substituents is 2. The molecule has 0 saturated carbocycles. The number of hydrogen-bond acceptors (Lipinski definition) is 8. The molecule has 0 aliphatic heterocycles. The van der Waals surface area contributed by atoms with Crippen molar-refractivity contribution in [1.29, 1.82) is 0 Å². The fourth-order valence-electron chi connectivity index (χ4n) is 2.03. The number of carbonyl (C=O) groups excluding carboxylic acids is 2. The van der Waals surface area contributed by atoms with E-state index in [9.17, 15) is 29.8 Å². The van der Waals surface area contributed by atoms with Crippen molar-refractivity contribution in [2.24, 2.45) is 0 Å². The average molecular weight is 416 g/mol. The molecule has 0 fully saturated rings. The van der Waals surface area contributed by atoms with Crippen molar-refractivity contribution < 1.29 is 28.9 Å². The van der Waals surface area contributed by atoms with Crippen LogP contribution in [-0.4, -0.2) is 22.0 Å². The van der Waals surface area contributed by atoms with E-state index in [1.165, 1.54) is 48.5 Å². The van der Waals surface area contributed by atoms with Gasteiger partial charge < -0.3 is 9.47 Å². The molecule has 0 radical (unpaired) electrons. The molecule has 30 heavy (non-hydrogen) atoms. The summed E-state index contributed by atoms with van der Waals surface area (Å²) < 4.78 is 9.81. The van der Waals surface area contributed by atoms with Crippen LogP contribution in [0.15, 0.2) is 60.9 Å². The molecule has 2 N–H and O–H groups in total. The van der Waals surface area contributed by atoms with E-state index in [1.54, 1.807) is 0 Å². The van der Waals surface area contributed by atoms with Crippen molar-refractivity contribution in [3.05, 3.63) is 92.3 Å². The van der Waals surface area contributed by atoms with E-state index < -0.39 is 22.0 Å². The van der Waals surface area contributed by atoms with E-state index in [1.807, 2.05) is 0 Å². The van der Waals surface area contributed by atoms with E-state index in [4.69, 9.17) is 9.47 Å². The lowest BCUT2D eigenvalue weighted by atomic mass is 10.2. The molecule has 0 aromatic heterocycles. The summed E-state index contributed by atoms with van der Waals surface area (Å²) in [6.45, 7) is -0.190. The molecule has 2 amide bonds. The Balaban J connectivity index is 1.64. The predicted octanol–water partition coefficient (Wildman–Crippen LogP) is 3.13. The van der Waals surface area contributed by atoms with Gasteiger partial charge >= 0.3 is 12.2 Å². The van der Waals surface area contributed by atoms with Crippen molar-refractivity contribution >= 4 is 23.6 Å². The Kier molecular flexibility index (Phi) is 7.82. The molecule has 2 rings (SSSR count). The number of nitrogens with one attached hydrogen (secondary N) is 2. The number of hydrogen-bond donors (Lipinski definition) is 2. The van der Waals surface area contributed by atoms with Crippen LogP contribution in [-0.2, 0) is 22.7 Å². The molecule has 0 heterocycles. The number of amides is 2. The van der Waals surface area contributed by atoms with Gasteiger partial charge in [0.15, 0.2) is 0 Å². The van der Waals surface area contributed by atoms with Gasteiger partial charge in [-0.05, 0) is 35.4 Å². The minimum atomic E-state index is -0.800. The average Bonchev–Trinajstić information content (AvgIpc) is 2.74. The van der Waals surface area contributed by atoms with Crippen LogP contribution < -0.4 is 10.6 Å². The third kappa shape index (κ3) is 7.26. The normalized spacial score (nSPS) is 10.3. The highest BCUT2D eigenvalue weighted by Gasteiger charge is 2.07. The number of benzene rings is 2. The second-order valence-corrected chi connectivity index (χ2v) is 5.62. The number of rotatable bonds is 8. The number of carbonyl (C=O) groups is 2. The molecule has 2 aromatic rings. The van der Waals surface area contributed by atoms with Crippen molar-refractivity contribution in [1.82, 2.24) is 10.6 Å². The Bertz CT molecular complexity index is 864. The maximum Gasteiger partial charge on any atom is 0.411 e. The zero-order valence-corrected chi connectivity index (χ0v) is 15.3. The second kappa shape index (κ2) is 10.8. The highest BCUT2D eigenvalue weighted by Crippen LogP contribution is 2.13. The van der Waals surface area contributed by atoms with Crippen molar-refractivity contribution in [2.75, 3.05) is 0 Å². The minimum Gasteiger partial charge on any atom is -0.444 e. The van der Waals surface area contributed by atoms with Crippen LogP contribution in [0.3, 0.4) is 0 Å². The summed E-state index contributed by atoms with van der Waals surface area (Å²) in [7, 11) is 0. The first-order chi connectivity index (χ1) is 14.3. The molecule has 2 aromatic carbocycles. The summed E-state index contributed by atoms with van der Waals surface area (Å²) in [4.78, 5) is 43.1. The maximum absolute atomic E-state index is 11.5. The molecule has 0 bridgehead atoms. The van der Waals surface area contributed by atoms with Gasteiger partial charge in [-0.15, -0.1) is 0 Å². The highest BCUT2D eigenvalue weighted by atomic mass is 16.6. The fraction of sp³-hybridized carbons (Fsp3) is 0.111. The van der Waals surface area contributed by atoms with Crippen LogP contribution in [0.5, 0.6) is 0 Å². The van der Waals surface area contributed by atoms with Crippen LogP contribution >= 0.6 is 0 Å². The topological polar surface area (TPSA) is 163 Å². The van der Waals surface area contributed by atoms with Crippen molar-refractivity contribution in [3.8, 4) is 0 Å². The molecule has 0 unspecified atom stereocenters. The zero-order valence-electron chi connectivity index (χ0n) is 15.3. The van der Waals surface area contributed by atoms with Gasteiger partial charge in [0, 0.05) is 36.7 Å². The molecule has 156 valence electrons. The number of ether oxygens (including phenoxy) is 2. The van der Waals surface area contributed by atoms with E-state index in [2.05, 4.69) is 10.6 Å². The van der Waals surface area contributed by atoms with E-state index in [-0.39, 0.29) is 24.6 Å². The Hall–Kier alpha value is -4.48. The van der Waals surface area contributed by atoms with Crippen LogP contribution in [0.4, 0.5) is 21.0 Å². The van der Waals surface area contributed by atoms with Crippen LogP contribution in [0.1, 0.15) is 11.1 Å². The lowest BCUT2D eigenvalue weighted by Crippen LogP contribution is -2.22. The Morgan fingerprint density at radius 3 is 1.37 bits per heavy atom. The zero-order chi connectivity index (χ0) is 21.9. The molecule has 0 saturated heterocycles. The van der Waals surface area contributed by atoms with Gasteiger partial charge in [0.1, 0.15) is 13.2 Å². The Morgan fingerprint density at radius 2 is 1.07 bits per heavy atom. The first-order valence-corrected chi connectivity index (χ1v) is 8.33. The van der Waals surface area contributed by atoms with Gasteiger partial charge in [0.05, 0.1) is 9.85 Å². The van der Waals surface area contributed by atoms with Crippen molar-refractivity contribution in [2.45, 2.75) is 13.2 Å². The number of nitro groups is 2. The number of nitrogens with zero attached hydrogens (tertiary/aromatic N) is 2. The predicted molar refractivity (Wildman–Crippen MR) is 102 cm³/mol. The van der Waals surface area contributed by atoms with Gasteiger partial charge in [0.25, 0.3) is 11.4 Å². The first-order valence-electron chi connectivity index (χ1n) is 8.33. The molecule has 0 atom stereocenters. The van der Waals surface area contributed by atoms with Gasteiger partial charge in [-0.1, -0.05) is 0 Å². The summed E-state index contributed by atoms with van der Waals surface area (Å²) in [5.41, 5.74) is 0.982. The molecule has 0 aliphatic rings. The largest absolute Gasteiger partial charge is 0.444 e. The van der Waals surface area contributed by atoms with E-state index in [0.29, 0.717) is 11.1 Å². The second-order valence-electron chi connectivity index (χ2n) is 5.62. The smallest absolute Gasteiger partial charge is 0.411 e. The van der Waals surface area contributed by atoms with Gasteiger partial charge in [-0.2, -0.15) is 0 Å². The third-order valence-corrected chi connectivity index (χ3v) is 3.52. The maximum atomic E-state index is 11.5. The van der Waals surface area contributed by atoms with Crippen LogP contribution in [0.25, 0.3) is 0 Å². The van der Waals surface area contributed by atoms with Gasteiger partial charge in [0.2, 0.25) is 0 Å². The van der Waals surface area contributed by atoms with Crippen LogP contribution in [0.2, 0.25) is 0 Å². The van der Waals surface area contributed by atoms with Crippen molar-refractivity contribution in [3.63, 3.8) is 0 Å². The summed E-state index contributed by atoms with van der Waals surface area (Å²) >= 11 is 0. The molecule has 12 nitrogen and oxygen atoms in total. The lowest BCUT2D eigenvalue weighted by molar-refractivity contribution is -0.385. The summed E-state index contributed by atoms with van der Waals surface area (Å²) in [5, 5.41) is 25.6. The highest BCUT2D eigenvalue weighted by molar-refractivity contribution is 5.70.